The van der Waals surface area contributed by atoms with Gasteiger partial charge in [0.25, 0.3) is 0 Å². The van der Waals surface area contributed by atoms with Crippen LogP contribution < -0.4 is 10.6 Å². The van der Waals surface area contributed by atoms with Gasteiger partial charge in [-0.1, -0.05) is 5.16 Å². The molecule has 0 bridgehead atoms. The van der Waals surface area contributed by atoms with Crippen molar-refractivity contribution in [3.8, 4) is 0 Å². The molecule has 1 aromatic rings. The molecule has 0 aromatic carbocycles. The first kappa shape index (κ1) is 11.2. The van der Waals surface area contributed by atoms with Gasteiger partial charge in [-0.25, -0.2) is 9.97 Å². The molecule has 0 atom stereocenters. The molecule has 1 heterocycles. The molecule has 0 radical (unpaired) electrons. The number of amidine groups is 1. The molecule has 0 fully saturated rings. The van der Waals surface area contributed by atoms with E-state index in [4.69, 9.17) is 16.0 Å². The van der Waals surface area contributed by atoms with Crippen molar-refractivity contribution in [1.29, 1.82) is 0 Å². The van der Waals surface area contributed by atoms with E-state index < -0.39 is 0 Å². The normalized spacial score (nSPS) is 11.5. The Balaban J connectivity index is 3.06. The summed E-state index contributed by atoms with van der Waals surface area (Å²) in [5.74, 6) is 0.352. The molecular weight excluding hydrogens is 198 g/mol. The van der Waals surface area contributed by atoms with Crippen LogP contribution in [0.3, 0.4) is 0 Å². The smallest absolute Gasteiger partial charge is 0.192 e. The number of aliphatic hydroxyl groups is 1. The van der Waals surface area contributed by atoms with Gasteiger partial charge in [0, 0.05) is 26.0 Å². The highest BCUT2D eigenvalue weighted by atomic mass is 16.4. The molecule has 0 saturated carbocycles. The van der Waals surface area contributed by atoms with Crippen LogP contribution in [0.4, 0.5) is 5.82 Å². The van der Waals surface area contributed by atoms with Crippen molar-refractivity contribution in [2.75, 3.05) is 25.1 Å². The fourth-order valence-electron chi connectivity index (χ4n) is 1.09. The van der Waals surface area contributed by atoms with E-state index in [9.17, 15) is 0 Å². The zero-order valence-electron chi connectivity index (χ0n) is 8.33. The SMILES string of the molecule is CN(CCO)c1nccnc1C(N)=NO. The van der Waals surface area contributed by atoms with Gasteiger partial charge >= 0.3 is 0 Å². The third kappa shape index (κ3) is 2.53. The number of rotatable bonds is 4. The Morgan fingerprint density at radius 3 is 2.80 bits per heavy atom. The second kappa shape index (κ2) is 5.11. The number of hydrogen-bond acceptors (Lipinski definition) is 6. The monoisotopic (exact) mass is 211 g/mol. The minimum atomic E-state index is -0.108. The van der Waals surface area contributed by atoms with Crippen molar-refractivity contribution >= 4 is 11.7 Å². The summed E-state index contributed by atoms with van der Waals surface area (Å²) < 4.78 is 0. The van der Waals surface area contributed by atoms with Crippen LogP contribution in [-0.4, -0.2) is 46.3 Å². The molecule has 0 aliphatic carbocycles. The fraction of sp³-hybridized carbons (Fsp3) is 0.375. The van der Waals surface area contributed by atoms with Crippen LogP contribution in [0.2, 0.25) is 0 Å². The lowest BCUT2D eigenvalue weighted by molar-refractivity contribution is 0.303. The van der Waals surface area contributed by atoms with Crippen LogP contribution in [-0.2, 0) is 0 Å². The van der Waals surface area contributed by atoms with Crippen molar-refractivity contribution < 1.29 is 10.3 Å². The second-order valence-corrected chi connectivity index (χ2v) is 2.86. The summed E-state index contributed by atoms with van der Waals surface area (Å²) in [5, 5.41) is 20.2. The average Bonchev–Trinajstić information content (AvgIpc) is 2.28. The summed E-state index contributed by atoms with van der Waals surface area (Å²) in [6.45, 7) is 0.382. The van der Waals surface area contributed by atoms with Crippen molar-refractivity contribution in [2.24, 2.45) is 10.9 Å². The summed E-state index contributed by atoms with van der Waals surface area (Å²) in [7, 11) is 1.73. The molecule has 1 aromatic heterocycles. The molecule has 82 valence electrons. The van der Waals surface area contributed by atoms with Gasteiger partial charge in [-0.2, -0.15) is 0 Å². The minimum absolute atomic E-state index is 0.0112. The lowest BCUT2D eigenvalue weighted by Gasteiger charge is -2.18. The maximum atomic E-state index is 8.78. The molecule has 0 aliphatic rings. The van der Waals surface area contributed by atoms with Crippen molar-refractivity contribution in [1.82, 2.24) is 9.97 Å². The topological polar surface area (TPSA) is 108 Å². The predicted octanol–water partition coefficient (Wildman–Crippen LogP) is -1.00. The quantitative estimate of drug-likeness (QED) is 0.255. The number of anilines is 1. The third-order valence-electron chi connectivity index (χ3n) is 1.83. The molecule has 15 heavy (non-hydrogen) atoms. The van der Waals surface area contributed by atoms with E-state index in [0.29, 0.717) is 12.4 Å². The molecule has 0 spiro atoms. The number of nitrogens with zero attached hydrogens (tertiary/aromatic N) is 4. The van der Waals surface area contributed by atoms with Gasteiger partial charge in [0.05, 0.1) is 6.61 Å². The first-order valence-electron chi connectivity index (χ1n) is 4.31. The van der Waals surface area contributed by atoms with Crippen LogP contribution in [0.25, 0.3) is 0 Å². The van der Waals surface area contributed by atoms with Crippen LogP contribution in [0.5, 0.6) is 0 Å². The summed E-state index contributed by atoms with van der Waals surface area (Å²) in [6.07, 6.45) is 2.95. The summed E-state index contributed by atoms with van der Waals surface area (Å²) in [5.41, 5.74) is 5.73. The number of nitrogens with two attached hydrogens (primary N) is 1. The Bertz CT molecular complexity index is 355. The molecule has 0 saturated heterocycles. The van der Waals surface area contributed by atoms with Crippen molar-refractivity contribution in [3.05, 3.63) is 18.1 Å². The molecule has 7 nitrogen and oxygen atoms in total. The second-order valence-electron chi connectivity index (χ2n) is 2.86. The highest BCUT2D eigenvalue weighted by molar-refractivity contribution is 5.99. The minimum Gasteiger partial charge on any atom is -0.409 e. The Morgan fingerprint density at radius 2 is 2.20 bits per heavy atom. The molecule has 4 N–H and O–H groups in total. The lowest BCUT2D eigenvalue weighted by Crippen LogP contribution is -2.27. The largest absolute Gasteiger partial charge is 0.409 e. The standard InChI is InChI=1S/C8H13N5O2/c1-13(4-5-14)8-6(7(9)12-15)10-2-3-11-8/h2-3,14-15H,4-5H2,1H3,(H2,9,12). The maximum absolute atomic E-state index is 8.78. The molecule has 0 aliphatic heterocycles. The molecule has 7 heteroatoms. The lowest BCUT2D eigenvalue weighted by atomic mass is 10.3. The predicted molar refractivity (Wildman–Crippen MR) is 54.9 cm³/mol. The van der Waals surface area contributed by atoms with Gasteiger partial charge < -0.3 is 20.9 Å². The highest BCUT2D eigenvalue weighted by Crippen LogP contribution is 2.12. The Labute approximate surface area is 86.9 Å². The summed E-state index contributed by atoms with van der Waals surface area (Å²) in [4.78, 5) is 9.66. The van der Waals surface area contributed by atoms with Gasteiger partial charge in [0.15, 0.2) is 17.3 Å². The van der Waals surface area contributed by atoms with E-state index in [1.807, 2.05) is 0 Å². The zero-order valence-corrected chi connectivity index (χ0v) is 8.33. The van der Waals surface area contributed by atoms with Crippen molar-refractivity contribution in [2.45, 2.75) is 0 Å². The Kier molecular flexibility index (Phi) is 3.81. The molecular formula is C8H13N5O2. The van der Waals surface area contributed by atoms with E-state index in [2.05, 4.69) is 15.1 Å². The van der Waals surface area contributed by atoms with E-state index in [1.54, 1.807) is 11.9 Å². The first-order chi connectivity index (χ1) is 7.20. The molecule has 0 amide bonds. The maximum Gasteiger partial charge on any atom is 0.192 e. The number of hydrogen-bond donors (Lipinski definition) is 3. The Hall–Kier alpha value is -1.89. The van der Waals surface area contributed by atoms with Gasteiger partial charge in [0.1, 0.15) is 0 Å². The van der Waals surface area contributed by atoms with E-state index in [0.717, 1.165) is 0 Å². The highest BCUT2D eigenvalue weighted by Gasteiger charge is 2.12. The number of aliphatic hydroxyl groups excluding tert-OH is 1. The summed E-state index contributed by atoms with van der Waals surface area (Å²) >= 11 is 0. The van der Waals surface area contributed by atoms with E-state index in [1.165, 1.54) is 12.4 Å². The van der Waals surface area contributed by atoms with Gasteiger partial charge in [-0.15, -0.1) is 0 Å². The van der Waals surface area contributed by atoms with E-state index >= 15 is 0 Å². The number of aromatic nitrogens is 2. The molecule has 0 unspecified atom stereocenters. The van der Waals surface area contributed by atoms with E-state index in [-0.39, 0.29) is 18.1 Å². The van der Waals surface area contributed by atoms with Crippen LogP contribution in [0.15, 0.2) is 17.5 Å². The number of likely N-dealkylation sites (N-methyl/N-ethyl adjacent to an activating group) is 1. The van der Waals surface area contributed by atoms with Gasteiger partial charge in [-0.3, -0.25) is 0 Å². The fourth-order valence-corrected chi connectivity index (χ4v) is 1.09. The van der Waals surface area contributed by atoms with Crippen LogP contribution in [0, 0.1) is 0 Å². The zero-order chi connectivity index (χ0) is 11.3. The van der Waals surface area contributed by atoms with Crippen LogP contribution >= 0.6 is 0 Å². The number of oxime groups is 1. The average molecular weight is 211 g/mol. The Morgan fingerprint density at radius 1 is 1.53 bits per heavy atom. The van der Waals surface area contributed by atoms with Crippen molar-refractivity contribution in [3.63, 3.8) is 0 Å². The van der Waals surface area contributed by atoms with Crippen LogP contribution in [0.1, 0.15) is 5.69 Å². The first-order valence-corrected chi connectivity index (χ1v) is 4.31. The van der Waals surface area contributed by atoms with Gasteiger partial charge in [-0.05, 0) is 0 Å². The van der Waals surface area contributed by atoms with Gasteiger partial charge in [0.2, 0.25) is 0 Å². The third-order valence-corrected chi connectivity index (χ3v) is 1.83. The summed E-state index contributed by atoms with van der Waals surface area (Å²) in [6, 6.07) is 0. The molecule has 1 rings (SSSR count).